The zero-order chi connectivity index (χ0) is 16.5. The van der Waals surface area contributed by atoms with Crippen molar-refractivity contribution in [2.24, 2.45) is 5.41 Å². The van der Waals surface area contributed by atoms with Gasteiger partial charge in [0, 0.05) is 30.2 Å². The minimum atomic E-state index is -1.03. The van der Waals surface area contributed by atoms with Crippen molar-refractivity contribution in [3.63, 3.8) is 0 Å². The van der Waals surface area contributed by atoms with E-state index in [-0.39, 0.29) is 19.1 Å². The van der Waals surface area contributed by atoms with Crippen LogP contribution in [0, 0.1) is 12.3 Å². The van der Waals surface area contributed by atoms with Crippen LogP contribution in [0.1, 0.15) is 22.3 Å². The first kappa shape index (κ1) is 17.2. The molecule has 2 rings (SSSR count). The van der Waals surface area contributed by atoms with Gasteiger partial charge >= 0.3 is 5.97 Å². The second-order valence-electron chi connectivity index (χ2n) is 5.58. The van der Waals surface area contributed by atoms with Gasteiger partial charge < -0.3 is 14.7 Å². The first-order chi connectivity index (χ1) is 10.3. The molecule has 0 bridgehead atoms. The number of carbonyl (C=O) groups is 2. The number of likely N-dealkylation sites (tertiary alicyclic amines) is 1. The van der Waals surface area contributed by atoms with Crippen LogP contribution in [0.5, 0.6) is 0 Å². The Labute approximate surface area is 142 Å². The van der Waals surface area contributed by atoms with Crippen molar-refractivity contribution in [2.45, 2.75) is 13.3 Å². The van der Waals surface area contributed by atoms with Crippen molar-refractivity contribution in [3.8, 4) is 0 Å². The summed E-state index contributed by atoms with van der Waals surface area (Å²) in [5.41, 5.74) is 0.291. The number of hydrogen-bond donors (Lipinski definition) is 1. The molecule has 1 fully saturated rings. The van der Waals surface area contributed by atoms with Crippen LogP contribution in [-0.2, 0) is 9.53 Å². The number of rotatable bonds is 4. The number of ether oxygens (including phenoxy) is 1. The van der Waals surface area contributed by atoms with Gasteiger partial charge in [-0.1, -0.05) is 11.6 Å². The summed E-state index contributed by atoms with van der Waals surface area (Å²) >= 11 is 9.45. The largest absolute Gasteiger partial charge is 0.481 e. The fourth-order valence-electron chi connectivity index (χ4n) is 2.71. The third kappa shape index (κ3) is 3.14. The molecule has 1 heterocycles. The van der Waals surface area contributed by atoms with Crippen LogP contribution in [0.3, 0.4) is 0 Å². The van der Waals surface area contributed by atoms with E-state index in [2.05, 4.69) is 15.9 Å². The second kappa shape index (κ2) is 6.56. The van der Waals surface area contributed by atoms with Crippen LogP contribution >= 0.6 is 27.5 Å². The van der Waals surface area contributed by atoms with E-state index >= 15 is 0 Å². The fourth-order valence-corrected chi connectivity index (χ4v) is 3.20. The maximum absolute atomic E-state index is 12.6. The number of halogens is 2. The molecule has 22 heavy (non-hydrogen) atoms. The predicted molar refractivity (Wildman–Crippen MR) is 86.4 cm³/mol. The molecule has 1 aromatic rings. The van der Waals surface area contributed by atoms with Gasteiger partial charge in [0.1, 0.15) is 5.41 Å². The van der Waals surface area contributed by atoms with Crippen molar-refractivity contribution in [3.05, 3.63) is 32.8 Å². The van der Waals surface area contributed by atoms with Gasteiger partial charge in [-0.15, -0.1) is 0 Å². The first-order valence-electron chi connectivity index (χ1n) is 6.78. The van der Waals surface area contributed by atoms with Gasteiger partial charge in [-0.25, -0.2) is 0 Å². The molecule has 0 saturated carbocycles. The Bertz CT molecular complexity index is 599. The summed E-state index contributed by atoms with van der Waals surface area (Å²) in [6.45, 7) is 2.47. The molecule has 1 aliphatic heterocycles. The number of aliphatic carboxylic acids is 1. The lowest BCUT2D eigenvalue weighted by atomic mass is 9.88. The number of carboxylic acids is 1. The summed E-state index contributed by atoms with van der Waals surface area (Å²) in [5, 5.41) is 9.91. The predicted octanol–water partition coefficient (Wildman–Crippen LogP) is 2.97. The first-order valence-corrected chi connectivity index (χ1v) is 7.95. The molecule has 1 atom stereocenters. The Kier molecular flexibility index (Phi) is 5.14. The van der Waals surface area contributed by atoms with Gasteiger partial charge in [-0.05, 0) is 47.0 Å². The van der Waals surface area contributed by atoms with E-state index in [1.807, 2.05) is 6.92 Å². The molecule has 1 N–H and O–H groups in total. The average Bonchev–Trinajstić information content (AvgIpc) is 2.89. The van der Waals surface area contributed by atoms with Crippen LogP contribution in [0.2, 0.25) is 5.02 Å². The molecular weight excluding hydrogens is 374 g/mol. The van der Waals surface area contributed by atoms with Gasteiger partial charge in [-0.3, -0.25) is 9.59 Å². The zero-order valence-corrected chi connectivity index (χ0v) is 14.7. The topological polar surface area (TPSA) is 66.8 Å². The van der Waals surface area contributed by atoms with Crippen LogP contribution in [0.15, 0.2) is 16.6 Å². The highest BCUT2D eigenvalue weighted by Gasteiger charge is 2.46. The van der Waals surface area contributed by atoms with Gasteiger partial charge in [0.2, 0.25) is 0 Å². The molecule has 5 nitrogen and oxygen atoms in total. The maximum Gasteiger partial charge on any atom is 0.313 e. The van der Waals surface area contributed by atoms with Crippen molar-refractivity contribution in [2.75, 3.05) is 26.8 Å². The quantitative estimate of drug-likeness (QED) is 0.858. The normalized spacial score (nSPS) is 21.2. The lowest BCUT2D eigenvalue weighted by molar-refractivity contribution is -0.151. The highest BCUT2D eigenvalue weighted by atomic mass is 79.9. The zero-order valence-electron chi connectivity index (χ0n) is 12.4. The van der Waals surface area contributed by atoms with Crippen molar-refractivity contribution in [1.82, 2.24) is 4.90 Å². The number of hydrogen-bond acceptors (Lipinski definition) is 3. The number of benzene rings is 1. The lowest BCUT2D eigenvalue weighted by Crippen LogP contribution is -2.40. The summed E-state index contributed by atoms with van der Waals surface area (Å²) in [6.07, 6.45) is 0.380. The molecule has 1 saturated heterocycles. The van der Waals surface area contributed by atoms with Gasteiger partial charge in [0.05, 0.1) is 11.6 Å². The van der Waals surface area contributed by atoms with Crippen LogP contribution < -0.4 is 0 Å². The van der Waals surface area contributed by atoms with Crippen LogP contribution in [0.4, 0.5) is 0 Å². The van der Waals surface area contributed by atoms with E-state index in [9.17, 15) is 14.7 Å². The Morgan fingerprint density at radius 2 is 2.18 bits per heavy atom. The SMILES string of the molecule is COCC1(C(=O)O)CCN(C(=O)c2cc(C)c(Br)c(Cl)c2)C1. The number of carbonyl (C=O) groups excluding carboxylic acids is 1. The Morgan fingerprint density at radius 1 is 1.50 bits per heavy atom. The standard InChI is InChI=1S/C15H17BrClNO4/c1-9-5-10(6-11(17)12(9)16)13(19)18-4-3-15(7-18,8-22-2)14(20)21/h5-6H,3-4,7-8H2,1-2H3,(H,20,21). The smallest absolute Gasteiger partial charge is 0.313 e. The molecule has 1 aromatic carbocycles. The van der Waals surface area contributed by atoms with E-state index in [0.29, 0.717) is 23.6 Å². The lowest BCUT2D eigenvalue weighted by Gasteiger charge is -2.24. The maximum atomic E-state index is 12.6. The molecule has 1 aliphatic rings. The molecule has 1 unspecified atom stereocenters. The summed E-state index contributed by atoms with van der Waals surface area (Å²) in [7, 11) is 1.47. The average molecular weight is 391 g/mol. The molecule has 0 aromatic heterocycles. The summed E-state index contributed by atoms with van der Waals surface area (Å²) in [5.74, 6) is -1.15. The molecular formula is C15H17BrClNO4. The molecule has 120 valence electrons. The minimum absolute atomic E-state index is 0.0895. The van der Waals surface area contributed by atoms with Crippen LogP contribution in [0.25, 0.3) is 0 Å². The Morgan fingerprint density at radius 3 is 2.73 bits per heavy atom. The van der Waals surface area contributed by atoms with E-state index in [4.69, 9.17) is 16.3 Å². The van der Waals surface area contributed by atoms with Gasteiger partial charge in [0.25, 0.3) is 5.91 Å². The number of carboxylic acid groups (broad SMARTS) is 1. The molecule has 1 amide bonds. The van der Waals surface area contributed by atoms with E-state index in [1.54, 1.807) is 17.0 Å². The summed E-state index contributed by atoms with van der Waals surface area (Å²) in [4.78, 5) is 25.7. The fraction of sp³-hybridized carbons (Fsp3) is 0.467. The van der Waals surface area contributed by atoms with E-state index < -0.39 is 11.4 Å². The highest BCUT2D eigenvalue weighted by Crippen LogP contribution is 2.33. The van der Waals surface area contributed by atoms with Crippen molar-refractivity contribution in [1.29, 1.82) is 0 Å². The molecule has 7 heteroatoms. The number of methoxy groups -OCH3 is 1. The summed E-state index contributed by atoms with van der Waals surface area (Å²) < 4.78 is 5.79. The van der Waals surface area contributed by atoms with E-state index in [1.165, 1.54) is 7.11 Å². The van der Waals surface area contributed by atoms with Crippen molar-refractivity contribution >= 4 is 39.4 Å². The van der Waals surface area contributed by atoms with Crippen LogP contribution in [-0.4, -0.2) is 48.7 Å². The Balaban J connectivity index is 2.23. The third-order valence-electron chi connectivity index (χ3n) is 3.97. The molecule has 0 radical (unpaired) electrons. The number of nitrogens with zero attached hydrogens (tertiary/aromatic N) is 1. The van der Waals surface area contributed by atoms with Crippen molar-refractivity contribution < 1.29 is 19.4 Å². The second-order valence-corrected chi connectivity index (χ2v) is 6.78. The molecule has 0 aliphatic carbocycles. The van der Waals surface area contributed by atoms with Gasteiger partial charge in [-0.2, -0.15) is 0 Å². The third-order valence-corrected chi connectivity index (χ3v) is 5.55. The summed E-state index contributed by atoms with van der Waals surface area (Å²) in [6, 6.07) is 3.34. The molecule has 0 spiro atoms. The minimum Gasteiger partial charge on any atom is -0.481 e. The van der Waals surface area contributed by atoms with Gasteiger partial charge in [0.15, 0.2) is 0 Å². The number of amides is 1. The monoisotopic (exact) mass is 389 g/mol. The Hall–Kier alpha value is -1.11. The highest BCUT2D eigenvalue weighted by molar-refractivity contribution is 9.10. The number of aryl methyl sites for hydroxylation is 1. The van der Waals surface area contributed by atoms with E-state index in [0.717, 1.165) is 10.0 Å².